The predicted octanol–water partition coefficient (Wildman–Crippen LogP) is 3.75. The standard InChI is InChI=1S/C15H31NO/c1-5-11-16-14-9-7-6-8-10-15(14)17-13(4)12(2)3/h12-16H,5-11H2,1-4H3. The molecule has 17 heavy (non-hydrogen) atoms. The number of nitrogens with one attached hydrogen (secondary N) is 1. The summed E-state index contributed by atoms with van der Waals surface area (Å²) in [5.41, 5.74) is 0. The molecule has 1 aliphatic carbocycles. The summed E-state index contributed by atoms with van der Waals surface area (Å²) in [7, 11) is 0. The lowest BCUT2D eigenvalue weighted by Gasteiger charge is -2.30. The van der Waals surface area contributed by atoms with E-state index in [0.29, 0.717) is 24.2 Å². The molecule has 1 rings (SSSR count). The zero-order valence-electron chi connectivity index (χ0n) is 12.2. The third-order valence-electron chi connectivity index (χ3n) is 3.94. The molecular weight excluding hydrogens is 210 g/mol. The van der Waals surface area contributed by atoms with Crippen molar-refractivity contribution in [1.29, 1.82) is 0 Å². The summed E-state index contributed by atoms with van der Waals surface area (Å²) in [6.07, 6.45) is 8.61. The Kier molecular flexibility index (Phi) is 7.14. The largest absolute Gasteiger partial charge is 0.373 e. The summed E-state index contributed by atoms with van der Waals surface area (Å²) in [5, 5.41) is 3.68. The Morgan fingerprint density at radius 3 is 2.47 bits per heavy atom. The van der Waals surface area contributed by atoms with Crippen molar-refractivity contribution in [3.63, 3.8) is 0 Å². The first kappa shape index (κ1) is 15.0. The quantitative estimate of drug-likeness (QED) is 0.715. The Morgan fingerprint density at radius 1 is 1.12 bits per heavy atom. The lowest BCUT2D eigenvalue weighted by atomic mass is 10.0. The van der Waals surface area contributed by atoms with Gasteiger partial charge in [0.15, 0.2) is 0 Å². The molecule has 3 atom stereocenters. The molecule has 102 valence electrons. The fourth-order valence-corrected chi connectivity index (χ4v) is 2.43. The second-order valence-corrected chi connectivity index (χ2v) is 5.82. The van der Waals surface area contributed by atoms with Crippen LogP contribution in [0.4, 0.5) is 0 Å². The van der Waals surface area contributed by atoms with Crippen molar-refractivity contribution in [3.05, 3.63) is 0 Å². The van der Waals surface area contributed by atoms with Crippen LogP contribution in [0.3, 0.4) is 0 Å². The summed E-state index contributed by atoms with van der Waals surface area (Å²) in [6, 6.07) is 0.582. The van der Waals surface area contributed by atoms with E-state index in [2.05, 4.69) is 33.0 Å². The van der Waals surface area contributed by atoms with Crippen molar-refractivity contribution >= 4 is 0 Å². The monoisotopic (exact) mass is 241 g/mol. The molecule has 2 heteroatoms. The van der Waals surface area contributed by atoms with Crippen molar-refractivity contribution < 1.29 is 4.74 Å². The number of rotatable bonds is 6. The molecule has 3 unspecified atom stereocenters. The van der Waals surface area contributed by atoms with Gasteiger partial charge in [-0.1, -0.05) is 40.0 Å². The zero-order chi connectivity index (χ0) is 12.7. The van der Waals surface area contributed by atoms with Gasteiger partial charge in [0.25, 0.3) is 0 Å². The molecule has 1 fully saturated rings. The second-order valence-electron chi connectivity index (χ2n) is 5.82. The Hall–Kier alpha value is -0.0800. The summed E-state index contributed by atoms with van der Waals surface area (Å²) in [5.74, 6) is 0.616. The molecule has 0 aromatic carbocycles. The summed E-state index contributed by atoms with van der Waals surface area (Å²) in [6.45, 7) is 10.1. The van der Waals surface area contributed by atoms with E-state index in [9.17, 15) is 0 Å². The number of hydrogen-bond donors (Lipinski definition) is 1. The molecule has 1 N–H and O–H groups in total. The van der Waals surface area contributed by atoms with Crippen LogP contribution in [0.5, 0.6) is 0 Å². The van der Waals surface area contributed by atoms with E-state index in [1.807, 2.05) is 0 Å². The zero-order valence-corrected chi connectivity index (χ0v) is 12.2. The molecular formula is C15H31NO. The molecule has 1 saturated carbocycles. The van der Waals surface area contributed by atoms with Gasteiger partial charge in [-0.05, 0) is 38.6 Å². The van der Waals surface area contributed by atoms with Gasteiger partial charge in [-0.15, -0.1) is 0 Å². The molecule has 0 saturated heterocycles. The second kappa shape index (κ2) is 8.10. The van der Waals surface area contributed by atoms with E-state index in [-0.39, 0.29) is 0 Å². The van der Waals surface area contributed by atoms with E-state index in [1.54, 1.807) is 0 Å². The first-order chi connectivity index (χ1) is 8.15. The molecule has 0 aromatic heterocycles. The predicted molar refractivity (Wildman–Crippen MR) is 74.3 cm³/mol. The molecule has 0 heterocycles. The minimum absolute atomic E-state index is 0.379. The molecule has 0 amide bonds. The summed E-state index contributed by atoms with van der Waals surface area (Å²) in [4.78, 5) is 0. The highest BCUT2D eigenvalue weighted by Gasteiger charge is 2.26. The van der Waals surface area contributed by atoms with Crippen LogP contribution in [0.1, 0.15) is 66.2 Å². The van der Waals surface area contributed by atoms with E-state index in [0.717, 1.165) is 6.54 Å². The molecule has 2 nitrogen and oxygen atoms in total. The van der Waals surface area contributed by atoms with Crippen molar-refractivity contribution in [2.45, 2.75) is 84.5 Å². The fourth-order valence-electron chi connectivity index (χ4n) is 2.43. The lowest BCUT2D eigenvalue weighted by Crippen LogP contribution is -2.43. The lowest BCUT2D eigenvalue weighted by molar-refractivity contribution is -0.0455. The van der Waals surface area contributed by atoms with Crippen molar-refractivity contribution in [2.24, 2.45) is 5.92 Å². The van der Waals surface area contributed by atoms with Crippen LogP contribution in [0.2, 0.25) is 0 Å². The van der Waals surface area contributed by atoms with Crippen LogP contribution < -0.4 is 5.32 Å². The minimum Gasteiger partial charge on any atom is -0.373 e. The summed E-state index contributed by atoms with van der Waals surface area (Å²) >= 11 is 0. The SMILES string of the molecule is CCCNC1CCCCCC1OC(C)C(C)C. The van der Waals surface area contributed by atoms with Crippen LogP contribution in [0.15, 0.2) is 0 Å². The van der Waals surface area contributed by atoms with E-state index >= 15 is 0 Å². The molecule has 0 aliphatic heterocycles. The van der Waals surface area contributed by atoms with Crippen LogP contribution in [-0.4, -0.2) is 24.8 Å². The maximum absolute atomic E-state index is 6.28. The van der Waals surface area contributed by atoms with Gasteiger partial charge in [0.1, 0.15) is 0 Å². The van der Waals surface area contributed by atoms with Gasteiger partial charge in [0.05, 0.1) is 12.2 Å². The highest BCUT2D eigenvalue weighted by molar-refractivity contribution is 4.81. The van der Waals surface area contributed by atoms with Crippen LogP contribution in [0.25, 0.3) is 0 Å². The average molecular weight is 241 g/mol. The summed E-state index contributed by atoms with van der Waals surface area (Å²) < 4.78 is 6.28. The van der Waals surface area contributed by atoms with Crippen molar-refractivity contribution in [3.8, 4) is 0 Å². The molecule has 0 spiro atoms. The normalized spacial score (nSPS) is 28.1. The fraction of sp³-hybridized carbons (Fsp3) is 1.00. The van der Waals surface area contributed by atoms with Gasteiger partial charge < -0.3 is 10.1 Å². The van der Waals surface area contributed by atoms with Gasteiger partial charge in [0.2, 0.25) is 0 Å². The molecule has 0 radical (unpaired) electrons. The van der Waals surface area contributed by atoms with Gasteiger partial charge in [-0.3, -0.25) is 0 Å². The van der Waals surface area contributed by atoms with Crippen LogP contribution >= 0.6 is 0 Å². The maximum atomic E-state index is 6.28. The third-order valence-corrected chi connectivity index (χ3v) is 3.94. The first-order valence-electron chi connectivity index (χ1n) is 7.54. The van der Waals surface area contributed by atoms with Gasteiger partial charge in [-0.25, -0.2) is 0 Å². The Morgan fingerprint density at radius 2 is 1.82 bits per heavy atom. The Labute approximate surface area is 108 Å². The topological polar surface area (TPSA) is 21.3 Å². The highest BCUT2D eigenvalue weighted by Crippen LogP contribution is 2.23. The first-order valence-corrected chi connectivity index (χ1v) is 7.54. The molecule has 1 aliphatic rings. The van der Waals surface area contributed by atoms with Crippen molar-refractivity contribution in [2.75, 3.05) is 6.54 Å². The smallest absolute Gasteiger partial charge is 0.0731 e. The van der Waals surface area contributed by atoms with Gasteiger partial charge in [-0.2, -0.15) is 0 Å². The average Bonchev–Trinajstić information content (AvgIpc) is 2.51. The minimum atomic E-state index is 0.379. The van der Waals surface area contributed by atoms with E-state index in [1.165, 1.54) is 38.5 Å². The third kappa shape index (κ3) is 5.39. The Balaban J connectivity index is 2.49. The molecule has 0 bridgehead atoms. The van der Waals surface area contributed by atoms with E-state index < -0.39 is 0 Å². The van der Waals surface area contributed by atoms with E-state index in [4.69, 9.17) is 4.74 Å². The van der Waals surface area contributed by atoms with Crippen LogP contribution in [-0.2, 0) is 4.74 Å². The van der Waals surface area contributed by atoms with Gasteiger partial charge in [0, 0.05) is 6.04 Å². The maximum Gasteiger partial charge on any atom is 0.0731 e. The molecule has 0 aromatic rings. The Bertz CT molecular complexity index is 193. The number of ether oxygens (including phenoxy) is 1. The highest BCUT2D eigenvalue weighted by atomic mass is 16.5. The van der Waals surface area contributed by atoms with Gasteiger partial charge >= 0.3 is 0 Å². The van der Waals surface area contributed by atoms with Crippen molar-refractivity contribution in [1.82, 2.24) is 5.32 Å². The van der Waals surface area contributed by atoms with Crippen LogP contribution in [0, 0.1) is 5.92 Å². The number of hydrogen-bond acceptors (Lipinski definition) is 2.